The molecule has 1 aromatic heterocycles. The molecule has 0 atom stereocenters. The van der Waals surface area contributed by atoms with Crippen molar-refractivity contribution in [2.45, 2.75) is 45.6 Å². The topological polar surface area (TPSA) is 63.7 Å². The van der Waals surface area contributed by atoms with Gasteiger partial charge in [-0.1, -0.05) is 25.5 Å². The smallest absolute Gasteiger partial charge is 0.174 e. The Morgan fingerprint density at radius 2 is 2.08 bits per heavy atom. The van der Waals surface area contributed by atoms with Crippen molar-refractivity contribution in [1.82, 2.24) is 14.8 Å². The Hall–Kier alpha value is -2.61. The van der Waals surface area contributed by atoms with Crippen LogP contribution < -0.4 is 4.74 Å². The molecule has 2 heterocycles. The third-order valence-electron chi connectivity index (χ3n) is 4.13. The summed E-state index contributed by atoms with van der Waals surface area (Å²) >= 11 is 0. The Morgan fingerprint density at radius 3 is 2.83 bits per heavy atom. The highest BCUT2D eigenvalue weighted by atomic mass is 16.5. The molecule has 5 nitrogen and oxygen atoms in total. The van der Waals surface area contributed by atoms with Crippen LogP contribution in [0.25, 0.3) is 11.6 Å². The van der Waals surface area contributed by atoms with Gasteiger partial charge in [0.15, 0.2) is 5.82 Å². The second-order valence-electron chi connectivity index (χ2n) is 5.99. The van der Waals surface area contributed by atoms with Crippen LogP contribution in [0, 0.1) is 11.3 Å². The summed E-state index contributed by atoms with van der Waals surface area (Å²) in [6.45, 7) is 3.68. The molecule has 1 aliphatic rings. The minimum atomic E-state index is 0.554. The van der Waals surface area contributed by atoms with Crippen molar-refractivity contribution in [1.29, 1.82) is 5.26 Å². The fourth-order valence-electron chi connectivity index (χ4n) is 2.88. The van der Waals surface area contributed by atoms with Crippen LogP contribution >= 0.6 is 0 Å². The molecule has 1 aliphatic heterocycles. The van der Waals surface area contributed by atoms with E-state index in [0.29, 0.717) is 18.0 Å². The number of hydrogen-bond donors (Lipinski definition) is 0. The van der Waals surface area contributed by atoms with E-state index in [2.05, 4.69) is 27.8 Å². The van der Waals surface area contributed by atoms with Crippen LogP contribution in [0.15, 0.2) is 24.3 Å². The zero-order chi connectivity index (χ0) is 16.8. The van der Waals surface area contributed by atoms with E-state index >= 15 is 0 Å². The van der Waals surface area contributed by atoms with Crippen molar-refractivity contribution in [3.8, 4) is 11.8 Å². The standard InChI is InChI=1S/C19H22N4O/c1-2-12-24-17-9-7-15(8-10-17)13-16(14-20)19-22-21-18-6-4-3-5-11-23(18)19/h7-10,13H,2-6,11-12H2,1H3. The number of fused-ring (bicyclic) bond motifs is 1. The van der Waals surface area contributed by atoms with Gasteiger partial charge in [-0.25, -0.2) is 0 Å². The second kappa shape index (κ2) is 7.78. The highest BCUT2D eigenvalue weighted by molar-refractivity contribution is 5.87. The van der Waals surface area contributed by atoms with Crippen LogP contribution in [0.5, 0.6) is 5.75 Å². The van der Waals surface area contributed by atoms with E-state index in [0.717, 1.165) is 49.4 Å². The first-order valence-corrected chi connectivity index (χ1v) is 8.59. The first-order valence-electron chi connectivity index (χ1n) is 8.59. The van der Waals surface area contributed by atoms with Gasteiger partial charge in [0.1, 0.15) is 17.6 Å². The number of hydrogen-bond acceptors (Lipinski definition) is 4. The number of ether oxygens (including phenoxy) is 1. The summed E-state index contributed by atoms with van der Waals surface area (Å²) in [5.74, 6) is 2.52. The number of aromatic nitrogens is 3. The van der Waals surface area contributed by atoms with Crippen molar-refractivity contribution in [3.05, 3.63) is 41.5 Å². The average Bonchev–Trinajstić information content (AvgIpc) is 2.86. The maximum absolute atomic E-state index is 9.58. The van der Waals surface area contributed by atoms with Gasteiger partial charge in [-0.3, -0.25) is 0 Å². The van der Waals surface area contributed by atoms with Crippen LogP contribution in [0.2, 0.25) is 0 Å². The second-order valence-corrected chi connectivity index (χ2v) is 5.99. The maximum Gasteiger partial charge on any atom is 0.174 e. The van der Waals surface area contributed by atoms with Gasteiger partial charge in [0.05, 0.1) is 12.2 Å². The van der Waals surface area contributed by atoms with Crippen molar-refractivity contribution in [3.63, 3.8) is 0 Å². The molecule has 0 saturated heterocycles. The Kier molecular flexibility index (Phi) is 5.27. The number of allylic oxidation sites excluding steroid dienone is 1. The Balaban J connectivity index is 1.85. The quantitative estimate of drug-likeness (QED) is 0.784. The van der Waals surface area contributed by atoms with Crippen LogP contribution in [0.1, 0.15) is 49.8 Å². The molecule has 124 valence electrons. The molecule has 5 heteroatoms. The highest BCUT2D eigenvalue weighted by Gasteiger charge is 2.17. The largest absolute Gasteiger partial charge is 0.494 e. The molecule has 0 fully saturated rings. The predicted octanol–water partition coefficient (Wildman–Crippen LogP) is 3.86. The van der Waals surface area contributed by atoms with Gasteiger partial charge in [0, 0.05) is 13.0 Å². The normalized spacial score (nSPS) is 14.6. The van der Waals surface area contributed by atoms with Gasteiger partial charge in [0.25, 0.3) is 0 Å². The highest BCUT2D eigenvalue weighted by Crippen LogP contribution is 2.22. The molecular formula is C19H22N4O. The van der Waals surface area contributed by atoms with E-state index < -0.39 is 0 Å². The summed E-state index contributed by atoms with van der Waals surface area (Å²) < 4.78 is 7.69. The van der Waals surface area contributed by atoms with Crippen molar-refractivity contribution >= 4 is 11.6 Å². The monoisotopic (exact) mass is 322 g/mol. The molecule has 0 unspecified atom stereocenters. The van der Waals surface area contributed by atoms with Crippen LogP contribution in [-0.4, -0.2) is 21.4 Å². The molecule has 3 rings (SSSR count). The van der Waals surface area contributed by atoms with E-state index in [4.69, 9.17) is 4.74 Å². The Bertz CT molecular complexity index is 753. The summed E-state index contributed by atoms with van der Waals surface area (Å²) in [6.07, 6.45) is 7.25. The molecule has 0 amide bonds. The van der Waals surface area contributed by atoms with E-state index in [1.54, 1.807) is 0 Å². The molecule has 0 saturated carbocycles. The van der Waals surface area contributed by atoms with Gasteiger partial charge in [0.2, 0.25) is 0 Å². The first kappa shape index (κ1) is 16.3. The minimum absolute atomic E-state index is 0.554. The van der Waals surface area contributed by atoms with Gasteiger partial charge in [-0.15, -0.1) is 10.2 Å². The molecule has 0 spiro atoms. The number of aryl methyl sites for hydroxylation is 1. The summed E-state index contributed by atoms with van der Waals surface area (Å²) in [6, 6.07) is 10.1. The van der Waals surface area contributed by atoms with E-state index in [1.165, 1.54) is 6.42 Å². The average molecular weight is 322 g/mol. The lowest BCUT2D eigenvalue weighted by Crippen LogP contribution is -2.05. The van der Waals surface area contributed by atoms with Crippen LogP contribution in [0.3, 0.4) is 0 Å². The third kappa shape index (κ3) is 3.65. The van der Waals surface area contributed by atoms with Gasteiger partial charge in [-0.05, 0) is 43.0 Å². The summed E-state index contributed by atoms with van der Waals surface area (Å²) in [5, 5.41) is 18.1. The van der Waals surface area contributed by atoms with Crippen LogP contribution in [-0.2, 0) is 13.0 Å². The fourth-order valence-corrected chi connectivity index (χ4v) is 2.88. The fraction of sp³-hybridized carbons (Fsp3) is 0.421. The lowest BCUT2D eigenvalue weighted by molar-refractivity contribution is 0.317. The van der Waals surface area contributed by atoms with Crippen LogP contribution in [0.4, 0.5) is 0 Å². The summed E-state index contributed by atoms with van der Waals surface area (Å²) in [7, 11) is 0. The zero-order valence-electron chi connectivity index (χ0n) is 14.0. The number of benzene rings is 1. The number of rotatable bonds is 5. The maximum atomic E-state index is 9.58. The lowest BCUT2D eigenvalue weighted by Gasteiger charge is -2.06. The predicted molar refractivity (Wildman–Crippen MR) is 93.3 cm³/mol. The SMILES string of the molecule is CCCOc1ccc(C=C(C#N)c2nnc3n2CCCCC3)cc1. The van der Waals surface area contributed by atoms with Gasteiger partial charge in [-0.2, -0.15) is 5.26 Å². The van der Waals surface area contributed by atoms with E-state index in [-0.39, 0.29) is 0 Å². The van der Waals surface area contributed by atoms with Crippen molar-refractivity contribution in [2.24, 2.45) is 0 Å². The molecule has 24 heavy (non-hydrogen) atoms. The molecule has 0 aliphatic carbocycles. The van der Waals surface area contributed by atoms with Gasteiger partial charge < -0.3 is 9.30 Å². The summed E-state index contributed by atoms with van der Waals surface area (Å²) in [4.78, 5) is 0. The van der Waals surface area contributed by atoms with Gasteiger partial charge >= 0.3 is 0 Å². The van der Waals surface area contributed by atoms with Crippen molar-refractivity contribution in [2.75, 3.05) is 6.61 Å². The molecule has 2 aromatic rings. The Morgan fingerprint density at radius 1 is 1.25 bits per heavy atom. The number of nitrogens with zero attached hydrogens (tertiary/aromatic N) is 4. The number of nitriles is 1. The third-order valence-corrected chi connectivity index (χ3v) is 4.13. The summed E-state index contributed by atoms with van der Waals surface area (Å²) in [5.41, 5.74) is 1.51. The molecular weight excluding hydrogens is 300 g/mol. The van der Waals surface area contributed by atoms with E-state index in [9.17, 15) is 5.26 Å². The Labute approximate surface area is 142 Å². The molecule has 1 aromatic carbocycles. The molecule has 0 radical (unpaired) electrons. The molecule has 0 N–H and O–H groups in total. The minimum Gasteiger partial charge on any atom is -0.494 e. The zero-order valence-corrected chi connectivity index (χ0v) is 14.0. The molecule has 0 bridgehead atoms. The van der Waals surface area contributed by atoms with E-state index in [1.807, 2.05) is 30.3 Å². The lowest BCUT2D eigenvalue weighted by atomic mass is 10.1. The first-order chi connectivity index (χ1) is 11.8. The van der Waals surface area contributed by atoms with Crippen molar-refractivity contribution < 1.29 is 4.74 Å².